The topological polar surface area (TPSA) is 81.3 Å². The van der Waals surface area contributed by atoms with Gasteiger partial charge in [-0.1, -0.05) is 60.3 Å². The number of nitrogens with zero attached hydrogens (tertiary/aromatic N) is 4. The van der Waals surface area contributed by atoms with Gasteiger partial charge < -0.3 is 5.32 Å². The zero-order chi connectivity index (χ0) is 22.9. The minimum Gasteiger partial charge on any atom is -0.325 e. The van der Waals surface area contributed by atoms with Gasteiger partial charge in [-0.05, 0) is 42.0 Å². The molecule has 33 heavy (non-hydrogen) atoms. The van der Waals surface area contributed by atoms with Gasteiger partial charge in [0.05, 0.1) is 16.2 Å². The lowest BCUT2D eigenvalue weighted by molar-refractivity contribution is -0.115. The van der Waals surface area contributed by atoms with Crippen LogP contribution in [-0.4, -0.2) is 30.3 Å². The summed E-state index contributed by atoms with van der Waals surface area (Å²) in [5.41, 5.74) is 1.29. The highest BCUT2D eigenvalue weighted by Crippen LogP contribution is 2.26. The molecule has 0 bridgehead atoms. The molecule has 1 N–H and O–H groups in total. The molecule has 0 aliphatic heterocycles. The quantitative estimate of drug-likeness (QED) is 0.301. The lowest BCUT2D eigenvalue weighted by Gasteiger charge is -2.13. The van der Waals surface area contributed by atoms with E-state index in [4.69, 9.17) is 0 Å². The minimum atomic E-state index is -0.442. The molecule has 0 aliphatic rings. The molecule has 8 heteroatoms. The van der Waals surface area contributed by atoms with Crippen LogP contribution in [0.25, 0.3) is 27.5 Å². The number of benzene rings is 3. The second-order valence-electron chi connectivity index (χ2n) is 7.65. The third-order valence-electron chi connectivity index (χ3n) is 5.46. The Balaban J connectivity index is 1.47. The molecule has 1 atom stereocenters. The summed E-state index contributed by atoms with van der Waals surface area (Å²) in [4.78, 5) is 25.9. The average molecular weight is 456 g/mol. The molecule has 2 heterocycles. The number of para-hydroxylation sites is 1. The first kappa shape index (κ1) is 21.0. The van der Waals surface area contributed by atoms with Crippen LogP contribution in [0.5, 0.6) is 0 Å². The third kappa shape index (κ3) is 3.78. The molecule has 0 saturated carbocycles. The number of carbonyl (C=O) groups excluding carboxylic acids is 1. The van der Waals surface area contributed by atoms with Gasteiger partial charge >= 0.3 is 0 Å². The highest BCUT2D eigenvalue weighted by atomic mass is 32.2. The first-order chi connectivity index (χ1) is 16.1. The molecule has 5 rings (SSSR count). The molecule has 0 saturated heterocycles. The Morgan fingerprint density at radius 2 is 1.85 bits per heavy atom. The zero-order valence-corrected chi connectivity index (χ0v) is 18.7. The molecule has 0 spiro atoms. The van der Waals surface area contributed by atoms with Crippen molar-refractivity contribution in [1.82, 2.24) is 19.2 Å². The number of aromatic nitrogens is 4. The van der Waals surface area contributed by atoms with Gasteiger partial charge in [0.2, 0.25) is 11.7 Å². The van der Waals surface area contributed by atoms with E-state index >= 15 is 0 Å². The van der Waals surface area contributed by atoms with Crippen LogP contribution in [-0.2, 0) is 11.3 Å². The maximum atomic E-state index is 12.9. The number of amides is 1. The molecule has 0 aliphatic carbocycles. The van der Waals surface area contributed by atoms with Crippen LogP contribution in [0, 0.1) is 0 Å². The van der Waals surface area contributed by atoms with E-state index in [0.29, 0.717) is 28.4 Å². The Morgan fingerprint density at radius 1 is 1.09 bits per heavy atom. The van der Waals surface area contributed by atoms with E-state index in [0.717, 1.165) is 16.5 Å². The molecule has 3 aromatic carbocycles. The van der Waals surface area contributed by atoms with E-state index in [1.165, 1.54) is 16.3 Å². The Kier molecular flexibility index (Phi) is 5.43. The first-order valence-corrected chi connectivity index (χ1v) is 11.4. The number of hydrogen-bond donors (Lipinski definition) is 1. The van der Waals surface area contributed by atoms with Gasteiger partial charge in [0.15, 0.2) is 5.16 Å². The summed E-state index contributed by atoms with van der Waals surface area (Å²) in [5.74, 6) is 0.277. The van der Waals surface area contributed by atoms with Crippen molar-refractivity contribution in [2.24, 2.45) is 0 Å². The van der Waals surface area contributed by atoms with Crippen LogP contribution >= 0.6 is 11.8 Å². The van der Waals surface area contributed by atoms with E-state index in [1.807, 2.05) is 72.0 Å². The largest absolute Gasteiger partial charge is 0.325 e. The molecule has 1 unspecified atom stereocenters. The average Bonchev–Trinajstić information content (AvgIpc) is 3.25. The van der Waals surface area contributed by atoms with Gasteiger partial charge in [-0.25, -0.2) is 0 Å². The van der Waals surface area contributed by atoms with Crippen molar-refractivity contribution in [1.29, 1.82) is 0 Å². The number of hydrogen-bond acceptors (Lipinski definition) is 5. The third-order valence-corrected chi connectivity index (χ3v) is 6.50. The molecule has 5 aromatic rings. The van der Waals surface area contributed by atoms with Crippen LogP contribution in [0.3, 0.4) is 0 Å². The second-order valence-corrected chi connectivity index (χ2v) is 8.96. The highest BCUT2D eigenvalue weighted by molar-refractivity contribution is 8.00. The number of allylic oxidation sites excluding steroid dienone is 1. The van der Waals surface area contributed by atoms with Crippen molar-refractivity contribution in [2.75, 3.05) is 5.32 Å². The molecule has 7 nitrogen and oxygen atoms in total. The molecule has 0 radical (unpaired) electrons. The number of anilines is 1. The second kappa shape index (κ2) is 8.55. The summed E-state index contributed by atoms with van der Waals surface area (Å²) in [6.45, 7) is 5.88. The van der Waals surface area contributed by atoms with Crippen LogP contribution in [0.1, 0.15) is 6.92 Å². The normalized spacial score (nSPS) is 12.3. The molecular formula is C25H21N5O2S. The van der Waals surface area contributed by atoms with Crippen LogP contribution in [0.2, 0.25) is 0 Å². The highest BCUT2D eigenvalue weighted by Gasteiger charge is 2.21. The molecule has 164 valence electrons. The number of rotatable bonds is 6. The Bertz CT molecular complexity index is 1590. The van der Waals surface area contributed by atoms with Crippen molar-refractivity contribution < 1.29 is 4.79 Å². The van der Waals surface area contributed by atoms with Crippen molar-refractivity contribution in [3.63, 3.8) is 0 Å². The van der Waals surface area contributed by atoms with E-state index < -0.39 is 5.25 Å². The van der Waals surface area contributed by atoms with Gasteiger partial charge in [-0.2, -0.15) is 0 Å². The smallest absolute Gasteiger partial charge is 0.263 e. The van der Waals surface area contributed by atoms with Gasteiger partial charge in [0.1, 0.15) is 0 Å². The Labute approximate surface area is 193 Å². The van der Waals surface area contributed by atoms with Crippen molar-refractivity contribution >= 4 is 50.8 Å². The molecule has 1 amide bonds. The number of nitrogens with one attached hydrogen (secondary N) is 1. The van der Waals surface area contributed by atoms with Crippen LogP contribution in [0.4, 0.5) is 5.69 Å². The predicted octanol–water partition coefficient (Wildman–Crippen LogP) is 4.50. The predicted molar refractivity (Wildman–Crippen MR) is 133 cm³/mol. The standard InChI is InChI=1S/C25H21N5O2S/c1-3-14-29-23(32)20-10-6-7-11-21(20)30-24(29)27-28-25(30)33-16(2)22(31)26-19-13-12-17-8-4-5-9-18(17)15-19/h3-13,15-16H,1,14H2,2H3,(H,26,31). The van der Waals surface area contributed by atoms with Crippen molar-refractivity contribution in [3.05, 3.63) is 89.7 Å². The van der Waals surface area contributed by atoms with Crippen molar-refractivity contribution in [3.8, 4) is 0 Å². The summed E-state index contributed by atoms with van der Waals surface area (Å²) in [6, 6.07) is 21.2. The number of carbonyl (C=O) groups is 1. The zero-order valence-electron chi connectivity index (χ0n) is 17.9. The monoisotopic (exact) mass is 455 g/mol. The minimum absolute atomic E-state index is 0.143. The van der Waals surface area contributed by atoms with Crippen molar-refractivity contribution in [2.45, 2.75) is 23.9 Å². The summed E-state index contributed by atoms with van der Waals surface area (Å²) in [5, 5.41) is 14.4. The van der Waals surface area contributed by atoms with E-state index in [9.17, 15) is 9.59 Å². The maximum Gasteiger partial charge on any atom is 0.263 e. The summed E-state index contributed by atoms with van der Waals surface area (Å²) < 4.78 is 3.36. The summed E-state index contributed by atoms with van der Waals surface area (Å²) in [6.07, 6.45) is 1.65. The summed E-state index contributed by atoms with van der Waals surface area (Å²) in [7, 11) is 0. The fourth-order valence-electron chi connectivity index (χ4n) is 3.83. The lowest BCUT2D eigenvalue weighted by atomic mass is 10.1. The molecule has 2 aromatic heterocycles. The van der Waals surface area contributed by atoms with Gasteiger partial charge in [-0.3, -0.25) is 18.6 Å². The van der Waals surface area contributed by atoms with Gasteiger partial charge in [0, 0.05) is 12.2 Å². The fraction of sp³-hybridized carbons (Fsp3) is 0.120. The van der Waals surface area contributed by atoms with E-state index in [2.05, 4.69) is 22.1 Å². The first-order valence-electron chi connectivity index (χ1n) is 10.5. The van der Waals surface area contributed by atoms with Crippen LogP contribution in [0.15, 0.2) is 89.3 Å². The fourth-order valence-corrected chi connectivity index (χ4v) is 4.68. The maximum absolute atomic E-state index is 12.9. The number of fused-ring (bicyclic) bond motifs is 4. The molecular weight excluding hydrogens is 434 g/mol. The number of thioether (sulfide) groups is 1. The van der Waals surface area contributed by atoms with Gasteiger partial charge in [0.25, 0.3) is 5.56 Å². The Hall–Kier alpha value is -3.91. The Morgan fingerprint density at radius 3 is 2.67 bits per heavy atom. The van der Waals surface area contributed by atoms with E-state index in [1.54, 1.807) is 12.1 Å². The SMILES string of the molecule is C=CCn1c(=O)c2ccccc2n2c(SC(C)C(=O)Nc3ccc4ccccc4c3)nnc12. The van der Waals surface area contributed by atoms with Crippen LogP contribution < -0.4 is 10.9 Å². The lowest BCUT2D eigenvalue weighted by Crippen LogP contribution is -2.24. The summed E-state index contributed by atoms with van der Waals surface area (Å²) >= 11 is 1.29. The van der Waals surface area contributed by atoms with Gasteiger partial charge in [-0.15, -0.1) is 16.8 Å². The van der Waals surface area contributed by atoms with E-state index in [-0.39, 0.29) is 11.5 Å². The molecule has 0 fully saturated rings.